The molecular formula is C25H29BrN2O3. The Morgan fingerprint density at radius 1 is 1.16 bits per heavy atom. The van der Waals surface area contributed by atoms with Gasteiger partial charge in [0, 0.05) is 24.2 Å². The van der Waals surface area contributed by atoms with Crippen LogP contribution in [0.1, 0.15) is 48.3 Å². The number of ether oxygens (including phenoxy) is 1. The van der Waals surface area contributed by atoms with Crippen molar-refractivity contribution in [2.75, 3.05) is 19.7 Å². The first-order valence-electron chi connectivity index (χ1n) is 10.9. The molecule has 0 radical (unpaired) electrons. The topological polar surface area (TPSA) is 54.7 Å². The van der Waals surface area contributed by atoms with Gasteiger partial charge in [-0.25, -0.2) is 4.79 Å². The predicted octanol–water partition coefficient (Wildman–Crippen LogP) is 5.57. The molecule has 0 atom stereocenters. The quantitative estimate of drug-likeness (QED) is 0.464. The maximum Gasteiger partial charge on any atom is 0.340 e. The first-order valence-corrected chi connectivity index (χ1v) is 11.7. The van der Waals surface area contributed by atoms with Gasteiger partial charge in [0.1, 0.15) is 5.75 Å². The minimum Gasteiger partial charge on any atom is -0.507 e. The summed E-state index contributed by atoms with van der Waals surface area (Å²) < 4.78 is 8.27. The minimum atomic E-state index is -0.332. The van der Waals surface area contributed by atoms with Gasteiger partial charge < -0.3 is 14.4 Å². The second kappa shape index (κ2) is 9.45. The number of benzene rings is 2. The van der Waals surface area contributed by atoms with Crippen molar-refractivity contribution in [1.82, 2.24) is 9.47 Å². The highest BCUT2D eigenvalue weighted by molar-refractivity contribution is 9.10. The van der Waals surface area contributed by atoms with E-state index in [2.05, 4.69) is 44.5 Å². The number of carbonyl (C=O) groups excluding carboxylic acids is 1. The van der Waals surface area contributed by atoms with Crippen LogP contribution in [0, 0.1) is 5.92 Å². The summed E-state index contributed by atoms with van der Waals surface area (Å²) in [6.45, 7) is 7.80. The van der Waals surface area contributed by atoms with Crippen molar-refractivity contribution in [3.63, 3.8) is 0 Å². The van der Waals surface area contributed by atoms with Gasteiger partial charge >= 0.3 is 5.97 Å². The summed E-state index contributed by atoms with van der Waals surface area (Å²) in [5.41, 5.74) is 3.59. The van der Waals surface area contributed by atoms with E-state index in [1.54, 1.807) is 6.07 Å². The Balaban J connectivity index is 1.88. The van der Waals surface area contributed by atoms with Gasteiger partial charge in [-0.15, -0.1) is 0 Å². The van der Waals surface area contributed by atoms with Crippen LogP contribution in [0.3, 0.4) is 0 Å². The average molecular weight is 485 g/mol. The van der Waals surface area contributed by atoms with Crippen LogP contribution in [0.15, 0.2) is 46.9 Å². The molecule has 6 heteroatoms. The molecule has 0 amide bonds. The van der Waals surface area contributed by atoms with Crippen LogP contribution < -0.4 is 0 Å². The number of hydrogen-bond donors (Lipinski definition) is 1. The molecule has 2 aromatic carbocycles. The van der Waals surface area contributed by atoms with Crippen molar-refractivity contribution in [1.29, 1.82) is 0 Å². The number of fused-ring (bicyclic) bond motifs is 1. The number of phenols is 1. The van der Waals surface area contributed by atoms with Gasteiger partial charge in [0.25, 0.3) is 0 Å². The molecule has 1 aliphatic heterocycles. The highest BCUT2D eigenvalue weighted by atomic mass is 79.9. The predicted molar refractivity (Wildman–Crippen MR) is 126 cm³/mol. The Hall–Kier alpha value is -2.31. The second-order valence-corrected chi connectivity index (χ2v) is 9.25. The Labute approximate surface area is 191 Å². The van der Waals surface area contributed by atoms with Gasteiger partial charge in [0.2, 0.25) is 0 Å². The van der Waals surface area contributed by atoms with Crippen LogP contribution in [-0.2, 0) is 17.8 Å². The lowest BCUT2D eigenvalue weighted by Gasteiger charge is -2.30. The monoisotopic (exact) mass is 484 g/mol. The van der Waals surface area contributed by atoms with Gasteiger partial charge in [-0.1, -0.05) is 37.3 Å². The Bertz CT molecular complexity index is 1070. The fourth-order valence-electron chi connectivity index (χ4n) is 4.38. The molecule has 0 unspecified atom stereocenters. The van der Waals surface area contributed by atoms with Crippen LogP contribution >= 0.6 is 15.9 Å². The van der Waals surface area contributed by atoms with Crippen LogP contribution in [0.25, 0.3) is 10.9 Å². The van der Waals surface area contributed by atoms with E-state index in [9.17, 15) is 9.90 Å². The fourth-order valence-corrected chi connectivity index (χ4v) is 4.72. The lowest BCUT2D eigenvalue weighted by molar-refractivity contribution is 0.0525. The first kappa shape index (κ1) is 21.9. The molecule has 164 valence electrons. The number of carbonyl (C=O) groups is 1. The zero-order chi connectivity index (χ0) is 22.0. The third-order valence-corrected chi connectivity index (χ3v) is 6.79. The first-order chi connectivity index (χ1) is 15.0. The molecule has 1 aliphatic rings. The van der Waals surface area contributed by atoms with E-state index in [0.717, 1.165) is 41.2 Å². The molecule has 1 fully saturated rings. The number of likely N-dealkylation sites (tertiary alicyclic amines) is 1. The number of esters is 1. The molecule has 0 bridgehead atoms. The molecule has 1 aromatic heterocycles. The van der Waals surface area contributed by atoms with Crippen molar-refractivity contribution in [3.05, 3.63) is 63.8 Å². The third kappa shape index (κ3) is 4.65. The van der Waals surface area contributed by atoms with Crippen molar-refractivity contribution in [2.45, 2.75) is 39.8 Å². The molecule has 0 saturated carbocycles. The number of rotatable bonds is 6. The molecule has 0 spiro atoms. The Morgan fingerprint density at radius 2 is 1.87 bits per heavy atom. The number of nitrogens with zero attached hydrogens (tertiary/aromatic N) is 2. The van der Waals surface area contributed by atoms with Crippen molar-refractivity contribution >= 4 is 32.8 Å². The lowest BCUT2D eigenvalue weighted by Crippen LogP contribution is -2.33. The Morgan fingerprint density at radius 3 is 2.55 bits per heavy atom. The largest absolute Gasteiger partial charge is 0.507 e. The van der Waals surface area contributed by atoms with Crippen LogP contribution in [-0.4, -0.2) is 40.2 Å². The SMILES string of the molecule is CCOC(=O)c1c(CN2CCC(C)CC2)n(Cc2ccccc2)c2cc(Br)c(O)cc12. The summed E-state index contributed by atoms with van der Waals surface area (Å²) in [5, 5.41) is 11.1. The summed E-state index contributed by atoms with van der Waals surface area (Å²) in [5.74, 6) is 0.526. The summed E-state index contributed by atoms with van der Waals surface area (Å²) in [6.07, 6.45) is 2.33. The molecule has 0 aliphatic carbocycles. The van der Waals surface area contributed by atoms with Crippen LogP contribution in [0.4, 0.5) is 0 Å². The van der Waals surface area contributed by atoms with E-state index in [1.165, 1.54) is 12.8 Å². The summed E-state index contributed by atoms with van der Waals surface area (Å²) in [4.78, 5) is 15.5. The number of hydrogen-bond acceptors (Lipinski definition) is 4. The van der Waals surface area contributed by atoms with Gasteiger partial charge in [-0.05, 0) is 72.4 Å². The smallest absolute Gasteiger partial charge is 0.340 e. The number of phenolic OH excluding ortho intramolecular Hbond substituents is 1. The molecule has 4 rings (SSSR count). The van der Waals surface area contributed by atoms with Gasteiger partial charge in [0.15, 0.2) is 0 Å². The van der Waals surface area contributed by atoms with E-state index in [0.29, 0.717) is 29.7 Å². The number of halogens is 1. The normalized spacial score (nSPS) is 15.5. The van der Waals surface area contributed by atoms with Gasteiger partial charge in [-0.2, -0.15) is 0 Å². The van der Waals surface area contributed by atoms with Crippen LogP contribution in [0.2, 0.25) is 0 Å². The molecule has 31 heavy (non-hydrogen) atoms. The molecular weight excluding hydrogens is 456 g/mol. The number of piperidine rings is 1. The highest BCUT2D eigenvalue weighted by Crippen LogP contribution is 2.36. The van der Waals surface area contributed by atoms with E-state index < -0.39 is 0 Å². The zero-order valence-electron chi connectivity index (χ0n) is 18.1. The molecule has 3 aromatic rings. The highest BCUT2D eigenvalue weighted by Gasteiger charge is 2.27. The van der Waals surface area contributed by atoms with E-state index in [4.69, 9.17) is 4.74 Å². The third-order valence-electron chi connectivity index (χ3n) is 6.15. The van der Waals surface area contributed by atoms with Gasteiger partial charge in [-0.3, -0.25) is 4.90 Å². The summed E-state index contributed by atoms with van der Waals surface area (Å²) >= 11 is 3.45. The lowest BCUT2D eigenvalue weighted by atomic mass is 9.99. The van der Waals surface area contributed by atoms with Crippen molar-refractivity contribution in [2.24, 2.45) is 5.92 Å². The number of aromatic nitrogens is 1. The van der Waals surface area contributed by atoms with E-state index >= 15 is 0 Å². The molecule has 2 heterocycles. The fraction of sp³-hybridized carbons (Fsp3) is 0.400. The molecule has 5 nitrogen and oxygen atoms in total. The molecule has 1 saturated heterocycles. The Kier molecular flexibility index (Phi) is 6.68. The van der Waals surface area contributed by atoms with Gasteiger partial charge in [0.05, 0.1) is 22.2 Å². The van der Waals surface area contributed by atoms with Crippen molar-refractivity contribution < 1.29 is 14.6 Å². The minimum absolute atomic E-state index is 0.119. The second-order valence-electron chi connectivity index (χ2n) is 8.39. The summed E-state index contributed by atoms with van der Waals surface area (Å²) in [6, 6.07) is 13.8. The maximum absolute atomic E-state index is 13.1. The van der Waals surface area contributed by atoms with E-state index in [-0.39, 0.29) is 11.7 Å². The van der Waals surface area contributed by atoms with Crippen molar-refractivity contribution in [3.8, 4) is 5.75 Å². The summed E-state index contributed by atoms with van der Waals surface area (Å²) in [7, 11) is 0. The van der Waals surface area contributed by atoms with E-state index in [1.807, 2.05) is 31.2 Å². The number of aromatic hydroxyl groups is 1. The standard InChI is InChI=1S/C25H29BrN2O3/c1-3-31-25(30)24-19-13-23(29)20(26)14-21(19)28(15-18-7-5-4-6-8-18)22(24)16-27-11-9-17(2)10-12-27/h4-8,13-14,17,29H,3,9-12,15-16H2,1-2H3. The average Bonchev–Trinajstić information content (AvgIpc) is 3.03. The zero-order valence-corrected chi connectivity index (χ0v) is 19.7. The molecule has 1 N–H and O–H groups in total. The van der Waals surface area contributed by atoms with Crippen LogP contribution in [0.5, 0.6) is 5.75 Å². The maximum atomic E-state index is 13.1.